The molecule has 3 rings (SSSR count). The fourth-order valence-corrected chi connectivity index (χ4v) is 3.79. The molecule has 1 aromatic carbocycles. The van der Waals surface area contributed by atoms with Gasteiger partial charge in [0.15, 0.2) is 0 Å². The topological polar surface area (TPSA) is 74.8 Å². The smallest absolute Gasteiger partial charge is 0.325 e. The van der Waals surface area contributed by atoms with E-state index < -0.39 is 0 Å². The van der Waals surface area contributed by atoms with Crippen LogP contribution < -0.4 is 11.0 Å². The van der Waals surface area contributed by atoms with Crippen molar-refractivity contribution in [1.29, 1.82) is 0 Å². The summed E-state index contributed by atoms with van der Waals surface area (Å²) in [6, 6.07) is 5.98. The molecule has 2 aromatic rings. The summed E-state index contributed by atoms with van der Waals surface area (Å²) in [6.07, 6.45) is 3.99. The van der Waals surface area contributed by atoms with Crippen molar-refractivity contribution in [1.82, 2.24) is 9.97 Å². The molecule has 0 saturated carbocycles. The van der Waals surface area contributed by atoms with Crippen LogP contribution in [-0.4, -0.2) is 21.6 Å². The first-order chi connectivity index (χ1) is 11.5. The molecule has 0 spiro atoms. The Morgan fingerprint density at radius 3 is 2.92 bits per heavy atom. The highest BCUT2D eigenvalue weighted by Gasteiger charge is 2.17. The van der Waals surface area contributed by atoms with Crippen molar-refractivity contribution in [3.05, 3.63) is 51.1 Å². The van der Waals surface area contributed by atoms with Crippen LogP contribution in [0.5, 0.6) is 0 Å². The van der Waals surface area contributed by atoms with E-state index in [9.17, 15) is 9.59 Å². The lowest BCUT2D eigenvalue weighted by molar-refractivity contribution is -0.113. The van der Waals surface area contributed by atoms with E-state index in [1.807, 2.05) is 32.0 Å². The van der Waals surface area contributed by atoms with Gasteiger partial charge in [-0.05, 0) is 56.7 Å². The van der Waals surface area contributed by atoms with Crippen molar-refractivity contribution in [2.45, 2.75) is 44.6 Å². The maximum absolute atomic E-state index is 12.3. The van der Waals surface area contributed by atoms with Crippen LogP contribution in [0, 0.1) is 13.8 Å². The van der Waals surface area contributed by atoms with Crippen LogP contribution in [0.2, 0.25) is 0 Å². The Morgan fingerprint density at radius 2 is 2.08 bits per heavy atom. The molecule has 24 heavy (non-hydrogen) atoms. The maximum Gasteiger partial charge on any atom is 0.346 e. The quantitative estimate of drug-likeness (QED) is 0.661. The number of hydrogen-bond acceptors (Lipinski definition) is 4. The van der Waals surface area contributed by atoms with Crippen LogP contribution >= 0.6 is 11.8 Å². The van der Waals surface area contributed by atoms with Crippen LogP contribution in [0.15, 0.2) is 28.0 Å². The summed E-state index contributed by atoms with van der Waals surface area (Å²) in [5, 5.41) is 3.64. The van der Waals surface area contributed by atoms with E-state index in [4.69, 9.17) is 0 Å². The van der Waals surface area contributed by atoms with Crippen molar-refractivity contribution in [2.75, 3.05) is 11.1 Å². The molecule has 1 aliphatic rings. The third-order valence-corrected chi connectivity index (χ3v) is 5.21. The zero-order valence-electron chi connectivity index (χ0n) is 13.9. The summed E-state index contributed by atoms with van der Waals surface area (Å²) in [4.78, 5) is 30.9. The van der Waals surface area contributed by atoms with E-state index in [0.29, 0.717) is 5.03 Å². The van der Waals surface area contributed by atoms with Gasteiger partial charge in [0.05, 0.1) is 5.75 Å². The lowest BCUT2D eigenvalue weighted by atomic mass is 9.98. The van der Waals surface area contributed by atoms with Gasteiger partial charge in [0.1, 0.15) is 5.03 Å². The normalized spacial score (nSPS) is 13.4. The number of thioether (sulfide) groups is 1. The highest BCUT2D eigenvalue weighted by molar-refractivity contribution is 8.00. The van der Waals surface area contributed by atoms with Gasteiger partial charge in [-0.1, -0.05) is 23.9 Å². The third-order valence-electron chi connectivity index (χ3n) is 4.19. The van der Waals surface area contributed by atoms with Gasteiger partial charge >= 0.3 is 5.69 Å². The number of aromatic nitrogens is 2. The van der Waals surface area contributed by atoms with E-state index in [0.717, 1.165) is 53.8 Å². The molecule has 0 atom stereocenters. The van der Waals surface area contributed by atoms with Crippen molar-refractivity contribution in [3.63, 3.8) is 0 Å². The molecule has 0 fully saturated rings. The van der Waals surface area contributed by atoms with Gasteiger partial charge in [0.25, 0.3) is 0 Å². The molecule has 6 heteroatoms. The van der Waals surface area contributed by atoms with Gasteiger partial charge in [0, 0.05) is 16.9 Å². The first-order valence-electron chi connectivity index (χ1n) is 8.15. The highest BCUT2D eigenvalue weighted by atomic mass is 32.2. The SMILES string of the molecule is Cc1ccc(C)c(NC(=O)CSc2nc(=O)[nH]c3c2CCCC3)c1. The number of benzene rings is 1. The number of carbonyl (C=O) groups excluding carboxylic acids is 1. The number of amides is 1. The van der Waals surface area contributed by atoms with Crippen LogP contribution in [-0.2, 0) is 17.6 Å². The highest BCUT2D eigenvalue weighted by Crippen LogP contribution is 2.27. The third kappa shape index (κ3) is 3.87. The monoisotopic (exact) mass is 343 g/mol. The van der Waals surface area contributed by atoms with Gasteiger partial charge in [-0.25, -0.2) is 4.79 Å². The molecular formula is C18H21N3O2S. The number of nitrogens with zero attached hydrogens (tertiary/aromatic N) is 1. The number of fused-ring (bicyclic) bond motifs is 1. The fraction of sp³-hybridized carbons (Fsp3) is 0.389. The summed E-state index contributed by atoms with van der Waals surface area (Å²) < 4.78 is 0. The summed E-state index contributed by atoms with van der Waals surface area (Å²) in [5.74, 6) is 0.163. The minimum Gasteiger partial charge on any atom is -0.325 e. The summed E-state index contributed by atoms with van der Waals surface area (Å²) in [5.41, 5.74) is 4.73. The van der Waals surface area contributed by atoms with E-state index >= 15 is 0 Å². The molecule has 0 radical (unpaired) electrons. The van der Waals surface area contributed by atoms with Crippen molar-refractivity contribution in [3.8, 4) is 0 Å². The van der Waals surface area contributed by atoms with Gasteiger partial charge in [0.2, 0.25) is 5.91 Å². The van der Waals surface area contributed by atoms with Gasteiger partial charge in [-0.3, -0.25) is 4.79 Å². The number of nitrogens with one attached hydrogen (secondary N) is 2. The first-order valence-corrected chi connectivity index (χ1v) is 9.13. The lowest BCUT2D eigenvalue weighted by Crippen LogP contribution is -2.21. The lowest BCUT2D eigenvalue weighted by Gasteiger charge is -2.17. The van der Waals surface area contributed by atoms with Crippen LogP contribution in [0.3, 0.4) is 0 Å². The van der Waals surface area contributed by atoms with E-state index in [1.165, 1.54) is 11.8 Å². The molecule has 0 bridgehead atoms. The molecule has 5 nitrogen and oxygen atoms in total. The zero-order chi connectivity index (χ0) is 17.1. The number of aryl methyl sites for hydroxylation is 3. The average Bonchev–Trinajstić information content (AvgIpc) is 2.56. The Hall–Kier alpha value is -2.08. The molecule has 1 aliphatic carbocycles. The van der Waals surface area contributed by atoms with E-state index in [2.05, 4.69) is 15.3 Å². The van der Waals surface area contributed by atoms with E-state index in [1.54, 1.807) is 0 Å². The van der Waals surface area contributed by atoms with Crippen LogP contribution in [0.4, 0.5) is 5.69 Å². The molecule has 2 N–H and O–H groups in total. The Kier molecular flexibility index (Phi) is 5.04. The Bertz CT molecular complexity index is 829. The standard InChI is InChI=1S/C18H21N3O2S/c1-11-7-8-12(2)15(9-11)19-16(22)10-24-17-13-5-3-4-6-14(13)20-18(23)21-17/h7-9H,3-6,10H2,1-2H3,(H,19,22)(H,20,21,23). The minimum atomic E-state index is -0.326. The summed E-state index contributed by atoms with van der Waals surface area (Å²) in [6.45, 7) is 3.97. The molecule has 0 unspecified atom stereocenters. The van der Waals surface area contributed by atoms with Gasteiger partial charge in [-0.15, -0.1) is 0 Å². The van der Waals surface area contributed by atoms with Gasteiger partial charge < -0.3 is 10.3 Å². The van der Waals surface area contributed by atoms with Crippen molar-refractivity contribution in [2.24, 2.45) is 0 Å². The molecule has 126 valence electrons. The van der Waals surface area contributed by atoms with E-state index in [-0.39, 0.29) is 17.3 Å². The average molecular weight is 343 g/mol. The van der Waals surface area contributed by atoms with Crippen LogP contribution in [0.25, 0.3) is 0 Å². The molecule has 0 aliphatic heterocycles. The summed E-state index contributed by atoms with van der Waals surface area (Å²) in [7, 11) is 0. The van der Waals surface area contributed by atoms with Gasteiger partial charge in [-0.2, -0.15) is 4.98 Å². The molecule has 0 saturated heterocycles. The Balaban J connectivity index is 1.70. The molecule has 1 amide bonds. The summed E-state index contributed by atoms with van der Waals surface area (Å²) >= 11 is 1.34. The number of aromatic amines is 1. The molecule has 1 heterocycles. The van der Waals surface area contributed by atoms with Crippen molar-refractivity contribution >= 4 is 23.4 Å². The van der Waals surface area contributed by atoms with Crippen LogP contribution in [0.1, 0.15) is 35.2 Å². The second-order valence-corrected chi connectivity index (χ2v) is 7.13. The zero-order valence-corrected chi connectivity index (χ0v) is 14.8. The molecular weight excluding hydrogens is 322 g/mol. The Labute approximate surface area is 145 Å². The predicted molar refractivity (Wildman–Crippen MR) is 96.8 cm³/mol. The number of H-pyrrole nitrogens is 1. The fourth-order valence-electron chi connectivity index (χ4n) is 2.91. The number of carbonyl (C=O) groups is 1. The predicted octanol–water partition coefficient (Wildman–Crippen LogP) is 3.00. The molecule has 1 aromatic heterocycles. The second kappa shape index (κ2) is 7.21. The number of anilines is 1. The minimum absolute atomic E-state index is 0.0830. The Morgan fingerprint density at radius 1 is 1.29 bits per heavy atom. The second-order valence-electron chi connectivity index (χ2n) is 6.17. The maximum atomic E-state index is 12.3. The number of rotatable bonds is 4. The van der Waals surface area contributed by atoms with Crippen molar-refractivity contribution < 1.29 is 4.79 Å². The number of hydrogen-bond donors (Lipinski definition) is 2. The largest absolute Gasteiger partial charge is 0.346 e. The first kappa shape index (κ1) is 16.8.